The number of nitrogens with two attached hydrogens (primary N) is 1. The molecule has 0 spiro atoms. The van der Waals surface area contributed by atoms with Crippen molar-refractivity contribution in [2.75, 3.05) is 29.5 Å². The predicted octanol–water partition coefficient (Wildman–Crippen LogP) is 3.58. The number of pyridine rings is 1. The molecule has 0 aliphatic rings. The summed E-state index contributed by atoms with van der Waals surface area (Å²) < 4.78 is 4.77. The Bertz CT molecular complexity index is 1160. The number of benzene rings is 2. The van der Waals surface area contributed by atoms with E-state index in [1.54, 1.807) is 13.0 Å². The van der Waals surface area contributed by atoms with Crippen LogP contribution in [-0.2, 0) is 4.74 Å². The zero-order valence-corrected chi connectivity index (χ0v) is 16.5. The van der Waals surface area contributed by atoms with Gasteiger partial charge < -0.3 is 21.0 Å². The SMILES string of the molecule is CCOC(=O)Nc1cc(NCC(=NO)c2ccc3ccccc3c2)c([N+](=O)[O-])c(N)n1. The van der Waals surface area contributed by atoms with Gasteiger partial charge in [0.1, 0.15) is 17.2 Å². The van der Waals surface area contributed by atoms with Crippen LogP contribution in [0, 0.1) is 10.1 Å². The molecule has 11 heteroatoms. The maximum atomic E-state index is 11.6. The third kappa shape index (κ3) is 4.96. The van der Waals surface area contributed by atoms with Gasteiger partial charge in [-0.3, -0.25) is 15.4 Å². The Labute approximate surface area is 176 Å². The first kappa shape index (κ1) is 21.3. The van der Waals surface area contributed by atoms with Crippen molar-refractivity contribution >= 4 is 45.6 Å². The number of fused-ring (bicyclic) bond motifs is 1. The molecule has 0 saturated heterocycles. The number of hydrogen-bond acceptors (Lipinski definition) is 9. The normalized spacial score (nSPS) is 11.2. The zero-order valence-electron chi connectivity index (χ0n) is 16.5. The van der Waals surface area contributed by atoms with E-state index in [-0.39, 0.29) is 30.4 Å². The van der Waals surface area contributed by atoms with Gasteiger partial charge in [-0.1, -0.05) is 41.6 Å². The lowest BCUT2D eigenvalue weighted by Crippen LogP contribution is -2.18. The van der Waals surface area contributed by atoms with Crippen LogP contribution in [0.4, 0.5) is 27.8 Å². The number of ether oxygens (including phenoxy) is 1. The van der Waals surface area contributed by atoms with E-state index >= 15 is 0 Å². The molecule has 1 aromatic heterocycles. The minimum Gasteiger partial charge on any atom is -0.450 e. The lowest BCUT2D eigenvalue weighted by Gasteiger charge is -2.12. The fraction of sp³-hybridized carbons (Fsp3) is 0.150. The van der Waals surface area contributed by atoms with E-state index < -0.39 is 22.5 Å². The van der Waals surface area contributed by atoms with Crippen LogP contribution in [-0.4, -0.2) is 40.1 Å². The number of nitrogen functional groups attached to an aromatic ring is 1. The summed E-state index contributed by atoms with van der Waals surface area (Å²) in [6.45, 7) is 1.71. The van der Waals surface area contributed by atoms with E-state index in [0.717, 1.165) is 10.8 Å². The first-order chi connectivity index (χ1) is 14.9. The number of carbonyl (C=O) groups excluding carboxylic acids is 1. The third-order valence-electron chi connectivity index (χ3n) is 4.36. The molecule has 3 aromatic rings. The van der Waals surface area contributed by atoms with Crippen molar-refractivity contribution in [2.24, 2.45) is 5.16 Å². The van der Waals surface area contributed by atoms with Crippen molar-refractivity contribution in [3.05, 3.63) is 64.2 Å². The number of hydrogen-bond donors (Lipinski definition) is 4. The maximum absolute atomic E-state index is 11.6. The van der Waals surface area contributed by atoms with Gasteiger partial charge in [-0.05, 0) is 23.8 Å². The van der Waals surface area contributed by atoms with Crippen LogP contribution in [0.3, 0.4) is 0 Å². The van der Waals surface area contributed by atoms with Crippen LogP contribution in [0.1, 0.15) is 12.5 Å². The van der Waals surface area contributed by atoms with Crippen LogP contribution in [0.15, 0.2) is 53.7 Å². The Morgan fingerprint density at radius 2 is 2.00 bits per heavy atom. The van der Waals surface area contributed by atoms with E-state index in [1.165, 1.54) is 6.07 Å². The minimum absolute atomic E-state index is 0.00811. The van der Waals surface area contributed by atoms with Crippen molar-refractivity contribution in [3.63, 3.8) is 0 Å². The summed E-state index contributed by atoms with van der Waals surface area (Å²) >= 11 is 0. The molecule has 1 heterocycles. The third-order valence-corrected chi connectivity index (χ3v) is 4.36. The first-order valence-corrected chi connectivity index (χ1v) is 9.25. The van der Waals surface area contributed by atoms with Crippen molar-refractivity contribution in [1.82, 2.24) is 4.98 Å². The van der Waals surface area contributed by atoms with Crippen molar-refractivity contribution < 1.29 is 19.7 Å². The molecule has 160 valence electrons. The van der Waals surface area contributed by atoms with Gasteiger partial charge in [-0.25, -0.2) is 9.78 Å². The Morgan fingerprint density at radius 1 is 1.26 bits per heavy atom. The second kappa shape index (κ2) is 9.39. The molecule has 5 N–H and O–H groups in total. The van der Waals surface area contributed by atoms with Gasteiger partial charge in [0.05, 0.1) is 18.1 Å². The summed E-state index contributed by atoms with van der Waals surface area (Å²) in [6, 6.07) is 14.4. The zero-order chi connectivity index (χ0) is 22.4. The van der Waals surface area contributed by atoms with Crippen molar-refractivity contribution in [1.29, 1.82) is 0 Å². The monoisotopic (exact) mass is 424 g/mol. The van der Waals surface area contributed by atoms with Crippen LogP contribution in [0.2, 0.25) is 0 Å². The summed E-state index contributed by atoms with van der Waals surface area (Å²) in [5.74, 6) is -0.424. The second-order valence-electron chi connectivity index (χ2n) is 6.35. The Morgan fingerprint density at radius 3 is 2.68 bits per heavy atom. The molecule has 31 heavy (non-hydrogen) atoms. The molecular formula is C20H20N6O5. The predicted molar refractivity (Wildman–Crippen MR) is 117 cm³/mol. The molecule has 3 rings (SSSR count). The van der Waals surface area contributed by atoms with Gasteiger partial charge in [0.15, 0.2) is 0 Å². The Balaban J connectivity index is 1.87. The van der Waals surface area contributed by atoms with Crippen LogP contribution in [0.25, 0.3) is 10.8 Å². The number of rotatable bonds is 7. The number of nitrogens with zero attached hydrogens (tertiary/aromatic N) is 3. The smallest absolute Gasteiger partial charge is 0.412 e. The molecule has 0 radical (unpaired) electrons. The number of nitrogens with one attached hydrogen (secondary N) is 2. The quantitative estimate of drug-likeness (QED) is 0.193. The molecule has 0 aliphatic carbocycles. The molecule has 1 amide bonds. The molecule has 2 aromatic carbocycles. The molecule has 0 bridgehead atoms. The van der Waals surface area contributed by atoms with Crippen molar-refractivity contribution in [3.8, 4) is 0 Å². The lowest BCUT2D eigenvalue weighted by molar-refractivity contribution is -0.383. The molecule has 0 fully saturated rings. The summed E-state index contributed by atoms with van der Waals surface area (Å²) in [4.78, 5) is 26.2. The van der Waals surface area contributed by atoms with E-state index in [9.17, 15) is 20.1 Å². The number of aromatic nitrogens is 1. The van der Waals surface area contributed by atoms with Gasteiger partial charge in [0.2, 0.25) is 5.82 Å². The van der Waals surface area contributed by atoms with Crippen LogP contribution >= 0.6 is 0 Å². The highest BCUT2D eigenvalue weighted by atomic mass is 16.6. The molecule has 0 saturated carbocycles. The number of nitro groups is 1. The Kier molecular flexibility index (Phi) is 6.45. The van der Waals surface area contributed by atoms with E-state index in [2.05, 4.69) is 20.8 Å². The standard InChI is InChI=1S/C20H20N6O5/c1-2-31-20(27)24-17-10-15(18(26(29)30)19(21)23-17)22-11-16(25-28)14-8-7-12-5-3-4-6-13(12)9-14/h3-10,28H,2,11H2,1H3,(H4,21,22,23,24,27). The lowest BCUT2D eigenvalue weighted by atomic mass is 10.0. The fourth-order valence-corrected chi connectivity index (χ4v) is 2.96. The van der Waals surface area contributed by atoms with E-state index in [4.69, 9.17) is 10.5 Å². The molecular weight excluding hydrogens is 404 g/mol. The van der Waals surface area contributed by atoms with Gasteiger partial charge in [0.25, 0.3) is 0 Å². The molecule has 0 atom stereocenters. The molecule has 0 unspecified atom stereocenters. The number of oxime groups is 1. The fourth-order valence-electron chi connectivity index (χ4n) is 2.96. The highest BCUT2D eigenvalue weighted by Crippen LogP contribution is 2.32. The number of amides is 1. The highest BCUT2D eigenvalue weighted by molar-refractivity contribution is 6.05. The van der Waals surface area contributed by atoms with Gasteiger partial charge in [0, 0.05) is 11.6 Å². The van der Waals surface area contributed by atoms with E-state index in [0.29, 0.717) is 5.56 Å². The van der Waals surface area contributed by atoms with Gasteiger partial charge >= 0.3 is 11.8 Å². The number of anilines is 3. The summed E-state index contributed by atoms with van der Waals surface area (Å²) in [6.07, 6.45) is -0.775. The first-order valence-electron chi connectivity index (χ1n) is 9.25. The largest absolute Gasteiger partial charge is 0.450 e. The second-order valence-corrected chi connectivity index (χ2v) is 6.35. The van der Waals surface area contributed by atoms with Gasteiger partial charge in [-0.2, -0.15) is 0 Å². The van der Waals surface area contributed by atoms with Crippen LogP contribution < -0.4 is 16.4 Å². The molecule has 0 aliphatic heterocycles. The van der Waals surface area contributed by atoms with Crippen LogP contribution in [0.5, 0.6) is 0 Å². The van der Waals surface area contributed by atoms with E-state index in [1.807, 2.05) is 36.4 Å². The average molecular weight is 424 g/mol. The topological polar surface area (TPSA) is 165 Å². The Hall–Kier alpha value is -4.41. The summed E-state index contributed by atoms with van der Waals surface area (Å²) in [5.41, 5.74) is 6.12. The number of carbonyl (C=O) groups is 1. The van der Waals surface area contributed by atoms with Gasteiger partial charge in [-0.15, -0.1) is 0 Å². The van der Waals surface area contributed by atoms with Crippen molar-refractivity contribution in [2.45, 2.75) is 6.92 Å². The minimum atomic E-state index is -0.775. The average Bonchev–Trinajstić information content (AvgIpc) is 2.73. The maximum Gasteiger partial charge on any atom is 0.412 e. The summed E-state index contributed by atoms with van der Waals surface area (Å²) in [5, 5.41) is 31.4. The summed E-state index contributed by atoms with van der Waals surface area (Å²) in [7, 11) is 0. The highest BCUT2D eigenvalue weighted by Gasteiger charge is 2.22. The molecule has 11 nitrogen and oxygen atoms in total.